The third-order valence-corrected chi connectivity index (χ3v) is 5.87. The van der Waals surface area contributed by atoms with Crippen LogP contribution in [0.2, 0.25) is 0 Å². The van der Waals surface area contributed by atoms with Gasteiger partial charge in [0.05, 0.1) is 5.60 Å². The van der Waals surface area contributed by atoms with Crippen molar-refractivity contribution in [2.75, 3.05) is 0 Å². The molecule has 0 amide bonds. The van der Waals surface area contributed by atoms with Crippen LogP contribution in [0.5, 0.6) is 0 Å². The second kappa shape index (κ2) is 6.32. The second-order valence-electron chi connectivity index (χ2n) is 9.64. The number of nitrogens with one attached hydrogen (secondary N) is 1. The predicted molar refractivity (Wildman–Crippen MR) is 96.9 cm³/mol. The minimum absolute atomic E-state index is 0.0243. The van der Waals surface area contributed by atoms with E-state index in [1.165, 1.54) is 44.0 Å². The summed E-state index contributed by atoms with van der Waals surface area (Å²) >= 11 is 0. The zero-order valence-corrected chi connectivity index (χ0v) is 15.9. The van der Waals surface area contributed by atoms with Gasteiger partial charge in [0.25, 0.3) is 0 Å². The van der Waals surface area contributed by atoms with Crippen molar-refractivity contribution in [2.45, 2.75) is 98.1 Å². The van der Waals surface area contributed by atoms with Crippen LogP contribution in [0.25, 0.3) is 0 Å². The van der Waals surface area contributed by atoms with E-state index < -0.39 is 0 Å². The molecule has 0 bridgehead atoms. The predicted octanol–water partition coefficient (Wildman–Crippen LogP) is 5.13. The number of rotatable bonds is 3. The molecule has 1 atom stereocenters. The highest BCUT2D eigenvalue weighted by Gasteiger charge is 2.50. The van der Waals surface area contributed by atoms with Gasteiger partial charge in [-0.1, -0.05) is 32.3 Å². The van der Waals surface area contributed by atoms with Gasteiger partial charge in [0.15, 0.2) is 0 Å². The largest absolute Gasteiger partial charge is 0.412 e. The van der Waals surface area contributed by atoms with Crippen LogP contribution >= 0.6 is 0 Å². The van der Waals surface area contributed by atoms with Gasteiger partial charge in [-0.3, -0.25) is 0 Å². The Morgan fingerprint density at radius 1 is 1.23 bits per heavy atom. The topological polar surface area (TPSA) is 21.3 Å². The molecule has 0 spiro atoms. The van der Waals surface area contributed by atoms with Crippen LogP contribution in [0, 0.1) is 11.3 Å². The molecule has 1 fully saturated rings. The van der Waals surface area contributed by atoms with Crippen molar-refractivity contribution >= 4 is 7.05 Å². The number of allylic oxidation sites excluding steroid dienone is 2. The SMILES string of the molecule is CC(C)(C)CCC1CCC=C(B2NC(C)(C)C(C)(C)O2)CC1. The number of hydrogen-bond donors (Lipinski definition) is 1. The molecule has 1 aliphatic heterocycles. The van der Waals surface area contributed by atoms with E-state index in [9.17, 15) is 0 Å². The zero-order valence-electron chi connectivity index (χ0n) is 15.9. The average molecular weight is 305 g/mol. The monoisotopic (exact) mass is 305 g/mol. The minimum atomic E-state index is -0.115. The Balaban J connectivity index is 1.90. The van der Waals surface area contributed by atoms with Crippen LogP contribution in [0.3, 0.4) is 0 Å². The Labute approximate surface area is 138 Å². The van der Waals surface area contributed by atoms with Crippen LogP contribution in [0.1, 0.15) is 87.0 Å². The van der Waals surface area contributed by atoms with Crippen molar-refractivity contribution in [3.63, 3.8) is 0 Å². The highest BCUT2D eigenvalue weighted by molar-refractivity contribution is 6.58. The smallest absolute Gasteiger partial charge is 0.411 e. The summed E-state index contributed by atoms with van der Waals surface area (Å²) in [5, 5.41) is 3.70. The molecule has 1 unspecified atom stereocenters. The molecule has 2 rings (SSSR count). The molecule has 2 aliphatic rings. The number of hydrogen-bond acceptors (Lipinski definition) is 2. The van der Waals surface area contributed by atoms with Crippen molar-refractivity contribution in [2.24, 2.45) is 11.3 Å². The Hall–Kier alpha value is -0.275. The summed E-state index contributed by atoms with van der Waals surface area (Å²) in [7, 11) is 0.117. The van der Waals surface area contributed by atoms with Crippen molar-refractivity contribution in [1.82, 2.24) is 5.23 Å². The first-order valence-electron chi connectivity index (χ1n) is 9.15. The molecule has 1 heterocycles. The quantitative estimate of drug-likeness (QED) is 0.729. The summed E-state index contributed by atoms with van der Waals surface area (Å²) < 4.78 is 6.33. The van der Waals surface area contributed by atoms with Gasteiger partial charge in [0.1, 0.15) is 0 Å². The van der Waals surface area contributed by atoms with Gasteiger partial charge in [0, 0.05) is 5.54 Å². The maximum Gasteiger partial charge on any atom is 0.412 e. The normalized spacial score (nSPS) is 28.4. The highest BCUT2D eigenvalue weighted by Crippen LogP contribution is 2.37. The highest BCUT2D eigenvalue weighted by atomic mass is 16.5. The lowest BCUT2D eigenvalue weighted by atomic mass is 9.70. The fourth-order valence-corrected chi connectivity index (χ4v) is 3.43. The molecule has 0 radical (unpaired) electrons. The molecule has 0 aromatic rings. The van der Waals surface area contributed by atoms with Crippen LogP contribution in [0.15, 0.2) is 11.5 Å². The van der Waals surface area contributed by atoms with E-state index in [2.05, 4.69) is 59.8 Å². The molecule has 22 heavy (non-hydrogen) atoms. The van der Waals surface area contributed by atoms with Crippen LogP contribution in [-0.4, -0.2) is 18.2 Å². The summed E-state index contributed by atoms with van der Waals surface area (Å²) in [6.45, 7) is 16.0. The Kier molecular flexibility index (Phi) is 5.19. The molecule has 0 aromatic heterocycles. The van der Waals surface area contributed by atoms with E-state index in [1.807, 2.05) is 0 Å². The van der Waals surface area contributed by atoms with E-state index in [1.54, 1.807) is 0 Å². The molecule has 3 heteroatoms. The van der Waals surface area contributed by atoms with Crippen LogP contribution < -0.4 is 5.23 Å². The summed E-state index contributed by atoms with van der Waals surface area (Å²) in [5.41, 5.74) is 1.86. The van der Waals surface area contributed by atoms with E-state index in [0.29, 0.717) is 5.41 Å². The summed E-state index contributed by atoms with van der Waals surface area (Å²) in [6, 6.07) is 0. The van der Waals surface area contributed by atoms with Crippen LogP contribution in [0.4, 0.5) is 0 Å². The Morgan fingerprint density at radius 2 is 1.91 bits per heavy atom. The molecular formula is C19H36BNO. The van der Waals surface area contributed by atoms with Gasteiger partial charge < -0.3 is 9.88 Å². The molecular weight excluding hydrogens is 269 g/mol. The first-order valence-corrected chi connectivity index (χ1v) is 9.15. The van der Waals surface area contributed by atoms with Gasteiger partial charge in [-0.25, -0.2) is 0 Å². The van der Waals surface area contributed by atoms with Gasteiger partial charge in [-0.15, -0.1) is 0 Å². The zero-order chi connectivity index (χ0) is 16.6. The van der Waals surface area contributed by atoms with Crippen molar-refractivity contribution < 1.29 is 4.65 Å². The van der Waals surface area contributed by atoms with E-state index in [-0.39, 0.29) is 18.2 Å². The first-order chi connectivity index (χ1) is 10.0. The average Bonchev–Trinajstić information content (AvgIpc) is 2.55. The Bertz CT molecular complexity index is 404. The fourth-order valence-electron chi connectivity index (χ4n) is 3.43. The minimum Gasteiger partial charge on any atom is -0.411 e. The summed E-state index contributed by atoms with van der Waals surface area (Å²) in [5.74, 6) is 0.885. The van der Waals surface area contributed by atoms with E-state index >= 15 is 0 Å². The maximum atomic E-state index is 6.33. The lowest BCUT2D eigenvalue weighted by molar-refractivity contribution is 0.0743. The van der Waals surface area contributed by atoms with Crippen molar-refractivity contribution in [3.05, 3.63) is 11.5 Å². The van der Waals surface area contributed by atoms with E-state index in [4.69, 9.17) is 4.65 Å². The molecule has 2 nitrogen and oxygen atoms in total. The van der Waals surface area contributed by atoms with Gasteiger partial charge >= 0.3 is 7.05 Å². The van der Waals surface area contributed by atoms with Crippen molar-refractivity contribution in [3.8, 4) is 0 Å². The summed E-state index contributed by atoms with van der Waals surface area (Å²) in [4.78, 5) is 0. The summed E-state index contributed by atoms with van der Waals surface area (Å²) in [6.07, 6.45) is 10.2. The standard InChI is InChI=1S/C19H36BNO/c1-17(2,3)14-13-15-9-8-10-16(12-11-15)20-21-18(4,5)19(6,7)22-20/h10,15,21H,8-9,11-14H2,1-7H3. The van der Waals surface area contributed by atoms with Gasteiger partial charge in [-0.2, -0.15) is 0 Å². The Morgan fingerprint density at radius 3 is 2.45 bits per heavy atom. The fraction of sp³-hybridized carbons (Fsp3) is 0.895. The molecule has 0 saturated carbocycles. The lowest BCUT2D eigenvalue weighted by Crippen LogP contribution is -2.49. The van der Waals surface area contributed by atoms with Gasteiger partial charge in [-0.05, 0) is 77.6 Å². The van der Waals surface area contributed by atoms with E-state index in [0.717, 1.165) is 5.92 Å². The second-order valence-corrected chi connectivity index (χ2v) is 9.64. The molecule has 1 N–H and O–H groups in total. The third-order valence-electron chi connectivity index (χ3n) is 5.87. The molecule has 1 saturated heterocycles. The molecule has 126 valence electrons. The molecule has 0 aromatic carbocycles. The van der Waals surface area contributed by atoms with Crippen LogP contribution in [-0.2, 0) is 4.65 Å². The van der Waals surface area contributed by atoms with Gasteiger partial charge in [0.2, 0.25) is 0 Å². The van der Waals surface area contributed by atoms with Crippen molar-refractivity contribution in [1.29, 1.82) is 0 Å². The third kappa shape index (κ3) is 4.38. The molecule has 1 aliphatic carbocycles. The first kappa shape index (κ1) is 18.1. The lowest BCUT2D eigenvalue weighted by Gasteiger charge is -2.33. The maximum absolute atomic E-state index is 6.33.